The number of aromatic amines is 1. The molecular formula is C22H18FN3O. The molecule has 0 aliphatic carbocycles. The Hall–Kier alpha value is -3.47. The van der Waals surface area contributed by atoms with Gasteiger partial charge in [0.25, 0.3) is 5.91 Å². The normalized spacial score (nSPS) is 10.9. The summed E-state index contributed by atoms with van der Waals surface area (Å²) >= 11 is 0. The number of rotatable bonds is 4. The number of hydrogen-bond donors (Lipinski definition) is 2. The Labute approximate surface area is 156 Å². The minimum atomic E-state index is -0.267. The molecule has 134 valence electrons. The lowest BCUT2D eigenvalue weighted by Gasteiger charge is -2.07. The zero-order chi connectivity index (χ0) is 18.8. The van der Waals surface area contributed by atoms with Gasteiger partial charge in [0, 0.05) is 30.1 Å². The van der Waals surface area contributed by atoms with Crippen molar-refractivity contribution in [1.29, 1.82) is 0 Å². The van der Waals surface area contributed by atoms with Gasteiger partial charge in [0.05, 0.1) is 5.69 Å². The van der Waals surface area contributed by atoms with Gasteiger partial charge in [-0.3, -0.25) is 4.79 Å². The summed E-state index contributed by atoms with van der Waals surface area (Å²) in [7, 11) is 1.59. The van der Waals surface area contributed by atoms with Gasteiger partial charge >= 0.3 is 0 Å². The van der Waals surface area contributed by atoms with Gasteiger partial charge in [-0.2, -0.15) is 0 Å². The third-order valence-electron chi connectivity index (χ3n) is 4.57. The van der Waals surface area contributed by atoms with E-state index in [9.17, 15) is 9.18 Å². The Bertz CT molecular complexity index is 1120. The summed E-state index contributed by atoms with van der Waals surface area (Å²) in [6.07, 6.45) is 0.557. The summed E-state index contributed by atoms with van der Waals surface area (Å²) in [4.78, 5) is 19.8. The Morgan fingerprint density at radius 1 is 1.04 bits per heavy atom. The van der Waals surface area contributed by atoms with Crippen LogP contribution in [0, 0.1) is 5.82 Å². The van der Waals surface area contributed by atoms with Gasteiger partial charge in [0.2, 0.25) is 0 Å². The summed E-state index contributed by atoms with van der Waals surface area (Å²) < 4.78 is 13.3. The average molecular weight is 359 g/mol. The monoisotopic (exact) mass is 359 g/mol. The molecule has 0 aliphatic heterocycles. The second kappa shape index (κ2) is 7.03. The molecule has 0 atom stereocenters. The van der Waals surface area contributed by atoms with Gasteiger partial charge in [0.15, 0.2) is 0 Å². The van der Waals surface area contributed by atoms with Crippen molar-refractivity contribution >= 4 is 16.8 Å². The van der Waals surface area contributed by atoms with Crippen LogP contribution in [0.25, 0.3) is 22.2 Å². The van der Waals surface area contributed by atoms with Crippen molar-refractivity contribution in [2.45, 2.75) is 6.42 Å². The molecule has 0 radical (unpaired) electrons. The molecule has 2 heterocycles. The van der Waals surface area contributed by atoms with E-state index in [1.807, 2.05) is 30.3 Å². The highest BCUT2D eigenvalue weighted by Gasteiger charge is 2.15. The van der Waals surface area contributed by atoms with E-state index in [0.29, 0.717) is 12.1 Å². The lowest BCUT2D eigenvalue weighted by Crippen LogP contribution is -2.19. The van der Waals surface area contributed by atoms with E-state index < -0.39 is 0 Å². The number of hydrogen-bond acceptors (Lipinski definition) is 2. The van der Waals surface area contributed by atoms with Crippen molar-refractivity contribution in [2.75, 3.05) is 7.05 Å². The first kappa shape index (κ1) is 17.0. The van der Waals surface area contributed by atoms with Gasteiger partial charge in [-0.1, -0.05) is 24.3 Å². The number of H-pyrrole nitrogens is 1. The van der Waals surface area contributed by atoms with Crippen LogP contribution in [0.1, 0.15) is 21.7 Å². The Morgan fingerprint density at radius 2 is 1.81 bits per heavy atom. The molecule has 5 heteroatoms. The predicted octanol–water partition coefficient (Wildman–Crippen LogP) is 4.32. The number of halogens is 1. The lowest BCUT2D eigenvalue weighted by atomic mass is 10.0. The SMILES string of the molecule is CNC(=O)c1cccc(Cc2c(-c3ccc(F)cc3)[nH]c3ccccc23)n1. The highest BCUT2D eigenvalue weighted by molar-refractivity contribution is 5.92. The molecule has 1 amide bonds. The molecule has 0 fully saturated rings. The third kappa shape index (κ3) is 3.31. The molecule has 0 bridgehead atoms. The van der Waals surface area contributed by atoms with E-state index in [0.717, 1.165) is 33.4 Å². The summed E-state index contributed by atoms with van der Waals surface area (Å²) in [5.41, 5.74) is 5.10. The van der Waals surface area contributed by atoms with E-state index in [2.05, 4.69) is 21.4 Å². The molecule has 0 saturated heterocycles. The molecule has 4 rings (SSSR count). The molecular weight excluding hydrogens is 341 g/mol. The fourth-order valence-corrected chi connectivity index (χ4v) is 3.26. The minimum Gasteiger partial charge on any atom is -0.354 e. The summed E-state index contributed by atoms with van der Waals surface area (Å²) in [5.74, 6) is -0.481. The Kier molecular flexibility index (Phi) is 4.42. The van der Waals surface area contributed by atoms with E-state index in [1.54, 1.807) is 25.2 Å². The van der Waals surface area contributed by atoms with E-state index >= 15 is 0 Å². The number of fused-ring (bicyclic) bond motifs is 1. The molecule has 0 aliphatic rings. The minimum absolute atomic E-state index is 0.213. The summed E-state index contributed by atoms with van der Waals surface area (Å²) in [5, 5.41) is 3.68. The number of nitrogens with one attached hydrogen (secondary N) is 2. The number of aromatic nitrogens is 2. The van der Waals surface area contributed by atoms with Crippen LogP contribution in [0.3, 0.4) is 0 Å². The Morgan fingerprint density at radius 3 is 2.59 bits per heavy atom. The number of benzene rings is 2. The first-order chi connectivity index (χ1) is 13.2. The zero-order valence-corrected chi connectivity index (χ0v) is 14.8. The number of carbonyl (C=O) groups excluding carboxylic acids is 1. The molecule has 0 unspecified atom stereocenters. The molecule has 2 aromatic carbocycles. The molecule has 4 aromatic rings. The molecule has 27 heavy (non-hydrogen) atoms. The number of pyridine rings is 1. The van der Waals surface area contributed by atoms with Crippen molar-refractivity contribution in [2.24, 2.45) is 0 Å². The van der Waals surface area contributed by atoms with Crippen molar-refractivity contribution in [3.05, 3.63) is 89.5 Å². The van der Waals surface area contributed by atoms with Crippen LogP contribution >= 0.6 is 0 Å². The maximum atomic E-state index is 13.3. The zero-order valence-electron chi connectivity index (χ0n) is 14.8. The third-order valence-corrected chi connectivity index (χ3v) is 4.57. The standard InChI is InChI=1S/C22H18FN3O/c1-24-22(27)20-8-4-5-16(25-20)13-18-17-6-2-3-7-19(17)26-21(18)14-9-11-15(23)12-10-14/h2-12,26H,13H2,1H3,(H,24,27). The fourth-order valence-electron chi connectivity index (χ4n) is 3.26. The molecule has 2 aromatic heterocycles. The first-order valence-corrected chi connectivity index (χ1v) is 8.69. The predicted molar refractivity (Wildman–Crippen MR) is 104 cm³/mol. The van der Waals surface area contributed by atoms with Crippen LogP contribution in [-0.2, 0) is 6.42 Å². The van der Waals surface area contributed by atoms with Crippen LogP contribution in [-0.4, -0.2) is 22.9 Å². The van der Waals surface area contributed by atoms with Crippen LogP contribution in [0.2, 0.25) is 0 Å². The van der Waals surface area contributed by atoms with Crippen LogP contribution in [0.4, 0.5) is 4.39 Å². The quantitative estimate of drug-likeness (QED) is 0.570. The Balaban J connectivity index is 1.82. The lowest BCUT2D eigenvalue weighted by molar-refractivity contribution is 0.0958. The van der Waals surface area contributed by atoms with E-state index in [-0.39, 0.29) is 11.7 Å². The molecule has 4 nitrogen and oxygen atoms in total. The van der Waals surface area contributed by atoms with Crippen LogP contribution < -0.4 is 5.32 Å². The maximum Gasteiger partial charge on any atom is 0.269 e. The van der Waals surface area contributed by atoms with Crippen molar-refractivity contribution in [3.63, 3.8) is 0 Å². The number of para-hydroxylation sites is 1. The topological polar surface area (TPSA) is 57.8 Å². The number of carbonyl (C=O) groups is 1. The van der Waals surface area contributed by atoms with Crippen molar-refractivity contribution in [1.82, 2.24) is 15.3 Å². The van der Waals surface area contributed by atoms with Gasteiger partial charge in [-0.25, -0.2) is 9.37 Å². The largest absolute Gasteiger partial charge is 0.354 e. The van der Waals surface area contributed by atoms with Gasteiger partial charge < -0.3 is 10.3 Å². The maximum absolute atomic E-state index is 13.3. The average Bonchev–Trinajstić information content (AvgIpc) is 3.06. The number of amides is 1. The highest BCUT2D eigenvalue weighted by atomic mass is 19.1. The van der Waals surface area contributed by atoms with Gasteiger partial charge in [-0.15, -0.1) is 0 Å². The second-order valence-corrected chi connectivity index (χ2v) is 6.30. The van der Waals surface area contributed by atoms with E-state index in [1.165, 1.54) is 12.1 Å². The van der Waals surface area contributed by atoms with Crippen molar-refractivity contribution in [3.8, 4) is 11.3 Å². The number of nitrogens with zero attached hydrogens (tertiary/aromatic N) is 1. The summed E-state index contributed by atoms with van der Waals surface area (Å²) in [6.45, 7) is 0. The molecule has 0 saturated carbocycles. The first-order valence-electron chi connectivity index (χ1n) is 8.69. The van der Waals surface area contributed by atoms with Crippen LogP contribution in [0.5, 0.6) is 0 Å². The molecule has 0 spiro atoms. The molecule has 2 N–H and O–H groups in total. The van der Waals surface area contributed by atoms with Crippen LogP contribution in [0.15, 0.2) is 66.7 Å². The van der Waals surface area contributed by atoms with Crippen molar-refractivity contribution < 1.29 is 9.18 Å². The smallest absolute Gasteiger partial charge is 0.269 e. The fraction of sp³-hybridized carbons (Fsp3) is 0.0909. The second-order valence-electron chi connectivity index (χ2n) is 6.30. The highest BCUT2D eigenvalue weighted by Crippen LogP contribution is 2.32. The van der Waals surface area contributed by atoms with Gasteiger partial charge in [-0.05, 0) is 53.6 Å². The summed E-state index contributed by atoms with van der Waals surface area (Å²) in [6, 6.07) is 19.9. The van der Waals surface area contributed by atoms with E-state index in [4.69, 9.17) is 0 Å². The van der Waals surface area contributed by atoms with Gasteiger partial charge in [0.1, 0.15) is 11.5 Å².